The summed E-state index contributed by atoms with van der Waals surface area (Å²) in [5, 5.41) is 5.66. The Morgan fingerprint density at radius 1 is 1.08 bits per heavy atom. The molecule has 0 fully saturated rings. The maximum atomic E-state index is 13.9. The molecule has 8 nitrogen and oxygen atoms in total. The lowest BCUT2D eigenvalue weighted by atomic mass is 10.1. The van der Waals surface area contributed by atoms with Crippen LogP contribution >= 0.6 is 0 Å². The molecule has 0 spiro atoms. The van der Waals surface area contributed by atoms with Crippen LogP contribution in [0.25, 0.3) is 0 Å². The summed E-state index contributed by atoms with van der Waals surface area (Å²) in [6.07, 6.45) is 4.75. The number of aliphatic imine (C=N–C) groups is 1. The van der Waals surface area contributed by atoms with Crippen molar-refractivity contribution in [2.45, 2.75) is 34.2 Å². The van der Waals surface area contributed by atoms with Gasteiger partial charge in [-0.15, -0.1) is 0 Å². The van der Waals surface area contributed by atoms with Gasteiger partial charge in [-0.1, -0.05) is 26.0 Å². The third kappa shape index (κ3) is 6.82. The highest BCUT2D eigenvalue weighted by atomic mass is 19.1. The summed E-state index contributed by atoms with van der Waals surface area (Å²) in [6.45, 7) is 8.26. The van der Waals surface area contributed by atoms with Crippen molar-refractivity contribution in [2.75, 3.05) is 19.0 Å². The maximum Gasteiger partial charge on any atom is 0.256 e. The normalized spacial score (nSPS) is 11.7. The zero-order valence-electron chi connectivity index (χ0n) is 22.1. The van der Waals surface area contributed by atoms with Crippen LogP contribution < -0.4 is 20.1 Å². The van der Waals surface area contributed by atoms with Crippen LogP contribution in [-0.2, 0) is 11.3 Å². The minimum atomic E-state index is -0.599. The Kier molecular flexibility index (Phi) is 9.70. The van der Waals surface area contributed by atoms with Gasteiger partial charge in [0.2, 0.25) is 5.88 Å². The van der Waals surface area contributed by atoms with E-state index in [2.05, 4.69) is 20.6 Å². The maximum absolute atomic E-state index is 13.9. The molecule has 38 heavy (non-hydrogen) atoms. The number of rotatable bonds is 8. The molecular formula is C29H31FN4O4. The molecule has 9 heteroatoms. The van der Waals surface area contributed by atoms with E-state index in [9.17, 15) is 14.0 Å². The molecule has 0 aliphatic carbocycles. The molecule has 0 radical (unpaired) electrons. The van der Waals surface area contributed by atoms with Gasteiger partial charge in [0.1, 0.15) is 11.5 Å². The first-order valence-electron chi connectivity index (χ1n) is 12.2. The molecular weight excluding hydrogens is 487 g/mol. The van der Waals surface area contributed by atoms with Gasteiger partial charge >= 0.3 is 0 Å². The molecule has 0 saturated carbocycles. The van der Waals surface area contributed by atoms with E-state index in [0.717, 1.165) is 5.56 Å². The number of anilines is 1. The Morgan fingerprint density at radius 3 is 2.55 bits per heavy atom. The smallest absolute Gasteiger partial charge is 0.256 e. The number of hydrogen-bond acceptors (Lipinski definition) is 6. The number of methoxy groups -OCH3 is 1. The van der Waals surface area contributed by atoms with Crippen LogP contribution in [-0.4, -0.2) is 36.7 Å². The zero-order valence-corrected chi connectivity index (χ0v) is 22.1. The molecule has 198 valence electrons. The molecule has 1 aliphatic heterocycles. The van der Waals surface area contributed by atoms with E-state index in [0.29, 0.717) is 46.0 Å². The quantitative estimate of drug-likeness (QED) is 0.408. The molecule has 1 aliphatic rings. The van der Waals surface area contributed by atoms with Crippen LogP contribution in [0.15, 0.2) is 65.3 Å². The average Bonchev–Trinajstić information content (AvgIpc) is 3.47. The van der Waals surface area contributed by atoms with Gasteiger partial charge in [-0.2, -0.15) is 0 Å². The average molecular weight is 519 g/mol. The number of carbonyl (C=O) groups excluding carboxylic acids is 2. The number of pyridine rings is 1. The second-order valence-electron chi connectivity index (χ2n) is 8.13. The molecule has 4 rings (SSSR count). The van der Waals surface area contributed by atoms with Gasteiger partial charge < -0.3 is 20.1 Å². The van der Waals surface area contributed by atoms with Gasteiger partial charge in [0.25, 0.3) is 11.8 Å². The first kappa shape index (κ1) is 28.0. The van der Waals surface area contributed by atoms with Crippen LogP contribution in [0, 0.1) is 19.7 Å². The number of hydrogen-bond donors (Lipinski definition) is 2. The van der Waals surface area contributed by atoms with Crippen molar-refractivity contribution in [3.63, 3.8) is 0 Å². The molecule has 2 heterocycles. The fraction of sp³-hybridized carbons (Fsp3) is 0.241. The van der Waals surface area contributed by atoms with Crippen LogP contribution in [0.2, 0.25) is 0 Å². The molecule has 2 amide bonds. The zero-order chi connectivity index (χ0) is 27.7. The monoisotopic (exact) mass is 518 g/mol. The van der Waals surface area contributed by atoms with E-state index < -0.39 is 5.82 Å². The summed E-state index contributed by atoms with van der Waals surface area (Å²) in [5.41, 5.74) is 3.56. The fourth-order valence-electron chi connectivity index (χ4n) is 3.59. The van der Waals surface area contributed by atoms with Crippen LogP contribution in [0.1, 0.15) is 40.9 Å². The number of nitrogens with zero attached hydrogens (tertiary/aromatic N) is 2. The van der Waals surface area contributed by atoms with Gasteiger partial charge in [0.15, 0.2) is 5.82 Å². The van der Waals surface area contributed by atoms with Crippen molar-refractivity contribution in [3.05, 3.63) is 88.4 Å². The third-order valence-electron chi connectivity index (χ3n) is 5.63. The molecule has 0 bridgehead atoms. The number of aryl methyl sites for hydroxylation is 1. The van der Waals surface area contributed by atoms with E-state index in [-0.39, 0.29) is 24.2 Å². The van der Waals surface area contributed by atoms with Crippen molar-refractivity contribution in [3.8, 4) is 17.4 Å². The van der Waals surface area contributed by atoms with E-state index in [1.54, 1.807) is 49.5 Å². The van der Waals surface area contributed by atoms with Gasteiger partial charge in [0.05, 0.1) is 19.2 Å². The predicted octanol–water partition coefficient (Wildman–Crippen LogP) is 5.54. The van der Waals surface area contributed by atoms with Gasteiger partial charge in [-0.05, 0) is 55.3 Å². The number of aromatic nitrogens is 1. The summed E-state index contributed by atoms with van der Waals surface area (Å²) in [4.78, 5) is 33.2. The number of halogens is 1. The SMILES string of the molecule is CC.COc1ncc(CNC(=O)c2cccc(Oc3ccc(C)c(NC(=O)C4=CCN=C4)c3)c2C)cc1F. The second kappa shape index (κ2) is 13.1. The summed E-state index contributed by atoms with van der Waals surface area (Å²) < 4.78 is 24.7. The summed E-state index contributed by atoms with van der Waals surface area (Å²) >= 11 is 0. The highest BCUT2D eigenvalue weighted by molar-refractivity contribution is 6.18. The summed E-state index contributed by atoms with van der Waals surface area (Å²) in [5.74, 6) is -0.278. The largest absolute Gasteiger partial charge is 0.479 e. The first-order valence-corrected chi connectivity index (χ1v) is 12.2. The lowest BCUT2D eigenvalue weighted by Gasteiger charge is -2.15. The number of ether oxygens (including phenoxy) is 2. The minimum Gasteiger partial charge on any atom is -0.479 e. The summed E-state index contributed by atoms with van der Waals surface area (Å²) in [6, 6.07) is 11.8. The molecule has 0 saturated heterocycles. The predicted molar refractivity (Wildman–Crippen MR) is 146 cm³/mol. The molecule has 0 atom stereocenters. The molecule has 2 aromatic carbocycles. The minimum absolute atomic E-state index is 0.0967. The van der Waals surface area contributed by atoms with Gasteiger partial charge in [-0.25, -0.2) is 9.37 Å². The van der Waals surface area contributed by atoms with Gasteiger partial charge in [-0.3, -0.25) is 14.6 Å². The second-order valence-corrected chi connectivity index (χ2v) is 8.13. The number of nitrogens with one attached hydrogen (secondary N) is 2. The first-order chi connectivity index (χ1) is 18.4. The van der Waals surface area contributed by atoms with Crippen molar-refractivity contribution < 1.29 is 23.5 Å². The highest BCUT2D eigenvalue weighted by Crippen LogP contribution is 2.30. The summed E-state index contributed by atoms with van der Waals surface area (Å²) in [7, 11) is 1.34. The molecule has 1 aromatic heterocycles. The third-order valence-corrected chi connectivity index (χ3v) is 5.63. The highest BCUT2D eigenvalue weighted by Gasteiger charge is 2.15. The number of carbonyl (C=O) groups is 2. The Morgan fingerprint density at radius 2 is 1.87 bits per heavy atom. The lowest BCUT2D eigenvalue weighted by Crippen LogP contribution is -2.24. The Balaban J connectivity index is 0.00000195. The van der Waals surface area contributed by atoms with E-state index in [1.165, 1.54) is 19.4 Å². The van der Waals surface area contributed by atoms with Crippen molar-refractivity contribution in [1.82, 2.24) is 10.3 Å². The lowest BCUT2D eigenvalue weighted by molar-refractivity contribution is -0.112. The molecule has 3 aromatic rings. The van der Waals surface area contributed by atoms with Crippen LogP contribution in [0.3, 0.4) is 0 Å². The molecule has 2 N–H and O–H groups in total. The van der Waals surface area contributed by atoms with Crippen LogP contribution in [0.5, 0.6) is 17.4 Å². The molecule has 0 unspecified atom stereocenters. The fourth-order valence-corrected chi connectivity index (χ4v) is 3.59. The van der Waals surface area contributed by atoms with E-state index >= 15 is 0 Å². The Bertz CT molecular complexity index is 1380. The number of benzene rings is 2. The Hall–Kier alpha value is -4.53. The van der Waals surface area contributed by atoms with Crippen molar-refractivity contribution >= 4 is 23.7 Å². The topological polar surface area (TPSA) is 102 Å². The van der Waals surface area contributed by atoms with Crippen molar-refractivity contribution in [2.24, 2.45) is 4.99 Å². The van der Waals surface area contributed by atoms with Gasteiger partial charge in [0, 0.05) is 41.8 Å². The van der Waals surface area contributed by atoms with Crippen LogP contribution in [0.4, 0.5) is 10.1 Å². The van der Waals surface area contributed by atoms with E-state index in [4.69, 9.17) is 9.47 Å². The van der Waals surface area contributed by atoms with E-state index in [1.807, 2.05) is 26.8 Å². The van der Waals surface area contributed by atoms with Crippen molar-refractivity contribution in [1.29, 1.82) is 0 Å². The number of amides is 2. The Labute approximate surface area is 221 Å². The standard InChI is InChI=1S/C27H25FN4O4.C2H6/c1-16-7-8-20(12-23(16)32-25(33)19-9-10-29-15-19)36-24-6-4-5-21(17(24)2)26(34)30-13-18-11-22(28)27(35-3)31-14-18;1-2/h4-9,11-12,14-15H,10,13H2,1-3H3,(H,30,34)(H,32,33);1-2H3.